The van der Waals surface area contributed by atoms with Crippen molar-refractivity contribution in [2.75, 3.05) is 11.9 Å². The third-order valence-electron chi connectivity index (χ3n) is 2.04. The Morgan fingerprint density at radius 1 is 1.16 bits per heavy atom. The van der Waals surface area contributed by atoms with Gasteiger partial charge in [-0.25, -0.2) is 9.59 Å². The number of urea groups is 1. The molecule has 0 heterocycles. The van der Waals surface area contributed by atoms with Gasteiger partial charge in [-0.2, -0.15) is 0 Å². The zero-order chi connectivity index (χ0) is 14.6. The molecule has 1 rings (SSSR count). The molecule has 0 saturated carbocycles. The Morgan fingerprint density at radius 3 is 2.26 bits per heavy atom. The Balaban J connectivity index is 2.77. The summed E-state index contributed by atoms with van der Waals surface area (Å²) in [6, 6.07) is 0.394. The second kappa shape index (κ2) is 6.81. The molecule has 0 saturated heterocycles. The third kappa shape index (κ3) is 4.43. The van der Waals surface area contributed by atoms with E-state index in [-0.39, 0.29) is 20.8 Å². The van der Waals surface area contributed by atoms with Crippen molar-refractivity contribution in [1.82, 2.24) is 5.32 Å². The zero-order valence-electron chi connectivity index (χ0n) is 9.28. The Hall–Kier alpha value is -1.21. The van der Waals surface area contributed by atoms with Crippen molar-refractivity contribution in [3.05, 3.63) is 27.2 Å². The SMILES string of the molecule is O=C(Nc1cc(Cl)c(Cl)cc1Cl)N[C@@H](CO)C(=O)O. The number of nitrogens with one attached hydrogen (secondary N) is 2. The molecule has 1 aromatic carbocycles. The van der Waals surface area contributed by atoms with E-state index < -0.39 is 24.6 Å². The number of anilines is 1. The highest BCUT2D eigenvalue weighted by atomic mass is 35.5. The van der Waals surface area contributed by atoms with Gasteiger partial charge in [0.2, 0.25) is 0 Å². The zero-order valence-corrected chi connectivity index (χ0v) is 11.6. The average molecular weight is 328 g/mol. The second-order valence-electron chi connectivity index (χ2n) is 3.42. The van der Waals surface area contributed by atoms with Crippen molar-refractivity contribution in [2.24, 2.45) is 0 Å². The van der Waals surface area contributed by atoms with Crippen molar-refractivity contribution in [1.29, 1.82) is 0 Å². The molecule has 0 bridgehead atoms. The van der Waals surface area contributed by atoms with Gasteiger partial charge in [-0.15, -0.1) is 0 Å². The molecule has 1 atom stereocenters. The molecular weight excluding hydrogens is 318 g/mol. The van der Waals surface area contributed by atoms with Crippen LogP contribution >= 0.6 is 34.8 Å². The monoisotopic (exact) mass is 326 g/mol. The normalized spacial score (nSPS) is 11.8. The minimum absolute atomic E-state index is 0.139. The molecule has 0 aliphatic carbocycles. The number of carboxylic acid groups (broad SMARTS) is 1. The number of aliphatic hydroxyl groups excluding tert-OH is 1. The van der Waals surface area contributed by atoms with E-state index in [9.17, 15) is 9.59 Å². The average Bonchev–Trinajstić information content (AvgIpc) is 2.32. The van der Waals surface area contributed by atoms with Gasteiger partial charge in [0.05, 0.1) is 27.4 Å². The number of amides is 2. The van der Waals surface area contributed by atoms with Gasteiger partial charge in [-0.1, -0.05) is 34.8 Å². The highest BCUT2D eigenvalue weighted by molar-refractivity contribution is 6.44. The Morgan fingerprint density at radius 2 is 1.74 bits per heavy atom. The summed E-state index contributed by atoms with van der Waals surface area (Å²) >= 11 is 17.3. The van der Waals surface area contributed by atoms with E-state index in [1.54, 1.807) is 0 Å². The summed E-state index contributed by atoms with van der Waals surface area (Å²) < 4.78 is 0. The molecule has 1 aromatic rings. The van der Waals surface area contributed by atoms with Crippen LogP contribution in [-0.4, -0.2) is 34.9 Å². The number of halogens is 3. The van der Waals surface area contributed by atoms with Crippen molar-refractivity contribution < 1.29 is 19.8 Å². The number of aliphatic carboxylic acids is 1. The van der Waals surface area contributed by atoms with Crippen molar-refractivity contribution in [3.63, 3.8) is 0 Å². The number of hydrogen-bond acceptors (Lipinski definition) is 3. The highest BCUT2D eigenvalue weighted by Gasteiger charge is 2.19. The van der Waals surface area contributed by atoms with E-state index in [4.69, 9.17) is 45.0 Å². The first-order valence-corrected chi connectivity index (χ1v) is 6.04. The second-order valence-corrected chi connectivity index (χ2v) is 4.64. The summed E-state index contributed by atoms with van der Waals surface area (Å²) in [5.41, 5.74) is 0.163. The van der Waals surface area contributed by atoms with Crippen LogP contribution in [0.4, 0.5) is 10.5 Å². The van der Waals surface area contributed by atoms with E-state index in [0.717, 1.165) is 0 Å². The maximum atomic E-state index is 11.5. The predicted octanol–water partition coefficient (Wildman–Crippen LogP) is 2.21. The number of rotatable bonds is 4. The predicted molar refractivity (Wildman–Crippen MR) is 72.1 cm³/mol. The van der Waals surface area contributed by atoms with Gasteiger partial charge in [-0.05, 0) is 12.1 Å². The van der Waals surface area contributed by atoms with Crippen LogP contribution in [0, 0.1) is 0 Å². The lowest BCUT2D eigenvalue weighted by Gasteiger charge is -2.13. The summed E-state index contributed by atoms with van der Waals surface area (Å²) in [6.07, 6.45) is 0. The van der Waals surface area contributed by atoms with Crippen LogP contribution in [0.3, 0.4) is 0 Å². The molecule has 4 N–H and O–H groups in total. The topological polar surface area (TPSA) is 98.7 Å². The first-order chi connectivity index (χ1) is 8.85. The molecule has 0 radical (unpaired) electrons. The fourth-order valence-corrected chi connectivity index (χ4v) is 1.71. The van der Waals surface area contributed by atoms with Crippen molar-refractivity contribution in [2.45, 2.75) is 6.04 Å². The summed E-state index contributed by atoms with van der Waals surface area (Å²) in [7, 11) is 0. The molecule has 104 valence electrons. The van der Waals surface area contributed by atoms with Gasteiger partial charge < -0.3 is 20.8 Å². The smallest absolute Gasteiger partial charge is 0.328 e. The first kappa shape index (κ1) is 15.8. The van der Waals surface area contributed by atoms with E-state index in [1.807, 2.05) is 5.32 Å². The van der Waals surface area contributed by atoms with Crippen LogP contribution in [0.25, 0.3) is 0 Å². The molecule has 0 aliphatic heterocycles. The van der Waals surface area contributed by atoms with Gasteiger partial charge in [0, 0.05) is 0 Å². The Labute approximate surface area is 123 Å². The van der Waals surface area contributed by atoms with Gasteiger partial charge in [0.15, 0.2) is 6.04 Å². The molecule has 9 heteroatoms. The molecule has 0 aliphatic rings. The lowest BCUT2D eigenvalue weighted by molar-refractivity contribution is -0.140. The van der Waals surface area contributed by atoms with E-state index in [1.165, 1.54) is 12.1 Å². The van der Waals surface area contributed by atoms with Crippen LogP contribution in [0.2, 0.25) is 15.1 Å². The maximum absolute atomic E-state index is 11.5. The van der Waals surface area contributed by atoms with Gasteiger partial charge in [-0.3, -0.25) is 0 Å². The first-order valence-electron chi connectivity index (χ1n) is 4.91. The molecule has 2 amide bonds. The van der Waals surface area contributed by atoms with Gasteiger partial charge in [0.1, 0.15) is 0 Å². The summed E-state index contributed by atoms with van der Waals surface area (Å²) in [4.78, 5) is 22.1. The number of carbonyl (C=O) groups excluding carboxylic acids is 1. The van der Waals surface area contributed by atoms with E-state index in [0.29, 0.717) is 0 Å². The van der Waals surface area contributed by atoms with E-state index >= 15 is 0 Å². The van der Waals surface area contributed by atoms with Crippen LogP contribution < -0.4 is 10.6 Å². The summed E-state index contributed by atoms with van der Waals surface area (Å²) in [5.74, 6) is -1.36. The number of aliphatic hydroxyl groups is 1. The lowest BCUT2D eigenvalue weighted by atomic mass is 10.3. The van der Waals surface area contributed by atoms with Crippen LogP contribution in [-0.2, 0) is 4.79 Å². The molecule has 0 fully saturated rings. The molecule has 0 unspecified atom stereocenters. The van der Waals surface area contributed by atoms with Crippen LogP contribution in [0.1, 0.15) is 0 Å². The Kier molecular flexibility index (Phi) is 5.68. The van der Waals surface area contributed by atoms with Gasteiger partial charge >= 0.3 is 12.0 Å². The molecule has 6 nitrogen and oxygen atoms in total. The number of carboxylic acids is 1. The minimum atomic E-state index is -1.42. The van der Waals surface area contributed by atoms with Crippen molar-refractivity contribution in [3.8, 4) is 0 Å². The molecule has 19 heavy (non-hydrogen) atoms. The lowest BCUT2D eigenvalue weighted by Crippen LogP contribution is -2.45. The number of benzene rings is 1. The molecule has 0 spiro atoms. The molecular formula is C10H9Cl3N2O4. The Bertz CT molecular complexity index is 510. The summed E-state index contributed by atoms with van der Waals surface area (Å²) in [5, 5.41) is 22.3. The van der Waals surface area contributed by atoms with Crippen LogP contribution in [0.15, 0.2) is 12.1 Å². The fourth-order valence-electron chi connectivity index (χ4n) is 1.12. The largest absolute Gasteiger partial charge is 0.480 e. The quantitative estimate of drug-likeness (QED) is 0.637. The fraction of sp³-hybridized carbons (Fsp3) is 0.200. The van der Waals surface area contributed by atoms with E-state index in [2.05, 4.69) is 5.32 Å². The molecule has 0 aromatic heterocycles. The minimum Gasteiger partial charge on any atom is -0.480 e. The highest BCUT2D eigenvalue weighted by Crippen LogP contribution is 2.32. The number of carbonyl (C=O) groups is 2. The third-order valence-corrected chi connectivity index (χ3v) is 3.08. The van der Waals surface area contributed by atoms with Gasteiger partial charge in [0.25, 0.3) is 0 Å². The van der Waals surface area contributed by atoms with Crippen LogP contribution in [0.5, 0.6) is 0 Å². The maximum Gasteiger partial charge on any atom is 0.328 e. The van der Waals surface area contributed by atoms with Crippen molar-refractivity contribution >= 4 is 52.5 Å². The number of hydrogen-bond donors (Lipinski definition) is 4. The standard InChI is InChI=1S/C10H9Cl3N2O4/c11-4-1-6(13)7(2-5(4)12)14-10(19)15-8(3-16)9(17)18/h1-2,8,16H,3H2,(H,17,18)(H2,14,15,19)/t8-/m0/s1. The summed E-state index contributed by atoms with van der Waals surface area (Å²) in [6.45, 7) is -0.738.